The molecule has 1 aromatic carbocycles. The quantitative estimate of drug-likeness (QED) is 0.631. The van der Waals surface area contributed by atoms with Gasteiger partial charge in [-0.25, -0.2) is 0 Å². The summed E-state index contributed by atoms with van der Waals surface area (Å²) in [6, 6.07) is 2.11. The van der Waals surface area contributed by atoms with Gasteiger partial charge >= 0.3 is 0 Å². The minimum atomic E-state index is -0.723. The number of halogens is 1. The predicted octanol–water partition coefficient (Wildman–Crippen LogP) is 1.67. The number of nitrogens with zero attached hydrogens (tertiary/aromatic N) is 2. The third kappa shape index (κ3) is 3.11. The Hall–Kier alpha value is -1.74. The molecule has 17 heavy (non-hydrogen) atoms. The van der Waals surface area contributed by atoms with Crippen LogP contribution in [0.15, 0.2) is 16.6 Å². The first-order chi connectivity index (χ1) is 7.97. The Morgan fingerprint density at radius 1 is 1.24 bits per heavy atom. The van der Waals surface area contributed by atoms with Gasteiger partial charge in [-0.1, -0.05) is 0 Å². The highest BCUT2D eigenvalue weighted by Gasteiger charge is 2.22. The van der Waals surface area contributed by atoms with Gasteiger partial charge in [0.1, 0.15) is 5.69 Å². The van der Waals surface area contributed by atoms with Crippen LogP contribution in [-0.2, 0) is 0 Å². The first-order valence-corrected chi connectivity index (χ1v) is 5.23. The Labute approximate surface area is 104 Å². The SMILES string of the molecule is O=[N+]([O-])c1cc([N+](=O)[O-])c(NCCO)cc1Br. The number of nitrogens with one attached hydrogen (secondary N) is 1. The molecule has 2 N–H and O–H groups in total. The van der Waals surface area contributed by atoms with Crippen LogP contribution >= 0.6 is 15.9 Å². The van der Waals surface area contributed by atoms with Crippen molar-refractivity contribution < 1.29 is 15.0 Å². The van der Waals surface area contributed by atoms with Crippen LogP contribution in [0.2, 0.25) is 0 Å². The number of benzene rings is 1. The van der Waals surface area contributed by atoms with E-state index in [0.717, 1.165) is 6.07 Å². The van der Waals surface area contributed by atoms with E-state index >= 15 is 0 Å². The number of aliphatic hydroxyl groups is 1. The molecule has 0 aromatic heterocycles. The van der Waals surface area contributed by atoms with Gasteiger partial charge in [0.25, 0.3) is 11.4 Å². The maximum absolute atomic E-state index is 10.7. The number of nitro benzene ring substituents is 2. The fourth-order valence-corrected chi connectivity index (χ4v) is 1.66. The molecule has 0 atom stereocenters. The van der Waals surface area contributed by atoms with E-state index in [9.17, 15) is 20.2 Å². The Bertz CT molecular complexity index is 465. The summed E-state index contributed by atoms with van der Waals surface area (Å²) in [4.78, 5) is 19.9. The van der Waals surface area contributed by atoms with Gasteiger partial charge in [-0.15, -0.1) is 0 Å². The summed E-state index contributed by atoms with van der Waals surface area (Å²) in [7, 11) is 0. The number of nitro groups is 2. The highest BCUT2D eigenvalue weighted by Crippen LogP contribution is 2.35. The molecule has 1 aromatic rings. The average Bonchev–Trinajstić information content (AvgIpc) is 2.25. The van der Waals surface area contributed by atoms with E-state index in [2.05, 4.69) is 21.2 Å². The second-order valence-corrected chi connectivity index (χ2v) is 3.84. The van der Waals surface area contributed by atoms with Crippen molar-refractivity contribution in [1.82, 2.24) is 0 Å². The highest BCUT2D eigenvalue weighted by atomic mass is 79.9. The van der Waals surface area contributed by atoms with Crippen molar-refractivity contribution >= 4 is 33.0 Å². The van der Waals surface area contributed by atoms with Gasteiger partial charge in [-0.05, 0) is 22.0 Å². The lowest BCUT2D eigenvalue weighted by Crippen LogP contribution is -2.08. The van der Waals surface area contributed by atoms with E-state index in [4.69, 9.17) is 5.11 Å². The zero-order valence-corrected chi connectivity index (χ0v) is 10.0. The van der Waals surface area contributed by atoms with Crippen LogP contribution in [0.4, 0.5) is 17.1 Å². The maximum Gasteiger partial charge on any atom is 0.299 e. The zero-order chi connectivity index (χ0) is 13.0. The van der Waals surface area contributed by atoms with Gasteiger partial charge in [-0.2, -0.15) is 0 Å². The fraction of sp³-hybridized carbons (Fsp3) is 0.250. The predicted molar refractivity (Wildman–Crippen MR) is 63.0 cm³/mol. The number of hydrogen-bond donors (Lipinski definition) is 2. The molecule has 0 unspecified atom stereocenters. The van der Waals surface area contributed by atoms with E-state index in [1.54, 1.807) is 0 Å². The number of rotatable bonds is 5. The van der Waals surface area contributed by atoms with Crippen LogP contribution in [0.5, 0.6) is 0 Å². The van der Waals surface area contributed by atoms with Crippen molar-refractivity contribution in [2.45, 2.75) is 0 Å². The molecule has 0 aliphatic heterocycles. The van der Waals surface area contributed by atoms with Crippen LogP contribution in [0, 0.1) is 20.2 Å². The van der Waals surface area contributed by atoms with Crippen LogP contribution in [0.1, 0.15) is 0 Å². The molecule has 0 aliphatic carbocycles. The topological polar surface area (TPSA) is 119 Å². The summed E-state index contributed by atoms with van der Waals surface area (Å²) in [6.07, 6.45) is 0. The van der Waals surface area contributed by atoms with Gasteiger partial charge in [0, 0.05) is 6.54 Å². The first-order valence-electron chi connectivity index (χ1n) is 4.44. The summed E-state index contributed by atoms with van der Waals surface area (Å²) in [6.45, 7) is -0.0865. The summed E-state index contributed by atoms with van der Waals surface area (Å²) >= 11 is 2.96. The van der Waals surface area contributed by atoms with Gasteiger partial charge < -0.3 is 10.4 Å². The molecule has 0 radical (unpaired) electrons. The minimum absolute atomic E-state index is 0.113. The molecule has 9 heteroatoms. The van der Waals surface area contributed by atoms with Crippen LogP contribution in [-0.4, -0.2) is 28.1 Å². The number of aliphatic hydroxyl groups excluding tert-OH is 1. The van der Waals surface area contributed by atoms with Crippen LogP contribution < -0.4 is 5.32 Å². The van der Waals surface area contributed by atoms with Gasteiger partial charge in [0.2, 0.25) is 0 Å². The lowest BCUT2D eigenvalue weighted by atomic mass is 10.2. The van der Waals surface area contributed by atoms with E-state index < -0.39 is 15.5 Å². The Balaban J connectivity index is 3.25. The molecule has 0 spiro atoms. The molecule has 0 bridgehead atoms. The second-order valence-electron chi connectivity index (χ2n) is 2.99. The molecular formula is C8H8BrN3O5. The van der Waals surface area contributed by atoms with E-state index in [0.29, 0.717) is 0 Å². The van der Waals surface area contributed by atoms with Crippen molar-refractivity contribution in [3.8, 4) is 0 Å². The molecule has 0 amide bonds. The van der Waals surface area contributed by atoms with Gasteiger partial charge in [-0.3, -0.25) is 20.2 Å². The van der Waals surface area contributed by atoms with Crippen molar-refractivity contribution in [2.75, 3.05) is 18.5 Å². The summed E-state index contributed by atoms with van der Waals surface area (Å²) < 4.78 is 0.133. The summed E-state index contributed by atoms with van der Waals surface area (Å²) in [5.74, 6) is 0. The Morgan fingerprint density at radius 3 is 2.29 bits per heavy atom. The lowest BCUT2D eigenvalue weighted by molar-refractivity contribution is -0.394. The van der Waals surface area contributed by atoms with Gasteiger partial charge in [0.05, 0.1) is 27.0 Å². The van der Waals surface area contributed by atoms with E-state index in [1.165, 1.54) is 6.07 Å². The third-order valence-electron chi connectivity index (χ3n) is 1.89. The largest absolute Gasteiger partial charge is 0.395 e. The molecule has 0 aliphatic rings. The van der Waals surface area contributed by atoms with Gasteiger partial charge in [0.15, 0.2) is 0 Å². The highest BCUT2D eigenvalue weighted by molar-refractivity contribution is 9.10. The second kappa shape index (κ2) is 5.55. The fourth-order valence-electron chi connectivity index (χ4n) is 1.17. The van der Waals surface area contributed by atoms with Crippen molar-refractivity contribution in [3.05, 3.63) is 36.8 Å². The molecule has 0 saturated carbocycles. The standard InChI is InChI=1S/C8H8BrN3O5/c9-5-3-6(10-1-2-13)8(12(16)17)4-7(5)11(14)15/h3-4,10,13H,1-2H2. The van der Waals surface area contributed by atoms with E-state index in [1.807, 2.05) is 0 Å². The van der Waals surface area contributed by atoms with Crippen molar-refractivity contribution in [1.29, 1.82) is 0 Å². The van der Waals surface area contributed by atoms with Crippen LogP contribution in [0.25, 0.3) is 0 Å². The molecule has 92 valence electrons. The monoisotopic (exact) mass is 305 g/mol. The first kappa shape index (κ1) is 13.3. The normalized spacial score (nSPS) is 10.0. The molecule has 0 heterocycles. The third-order valence-corrected chi connectivity index (χ3v) is 2.52. The number of hydrogen-bond acceptors (Lipinski definition) is 6. The molecular weight excluding hydrogens is 298 g/mol. The smallest absolute Gasteiger partial charge is 0.299 e. The van der Waals surface area contributed by atoms with Crippen LogP contribution in [0.3, 0.4) is 0 Å². The maximum atomic E-state index is 10.7. The summed E-state index contributed by atoms with van der Waals surface area (Å²) in [5, 5.41) is 32.6. The summed E-state index contributed by atoms with van der Waals surface area (Å²) in [5.41, 5.74) is -0.680. The van der Waals surface area contributed by atoms with Crippen molar-refractivity contribution in [2.24, 2.45) is 0 Å². The molecule has 0 fully saturated rings. The number of anilines is 1. The van der Waals surface area contributed by atoms with Crippen molar-refractivity contribution in [3.63, 3.8) is 0 Å². The average molecular weight is 306 g/mol. The minimum Gasteiger partial charge on any atom is -0.395 e. The van der Waals surface area contributed by atoms with E-state index in [-0.39, 0.29) is 29.0 Å². The lowest BCUT2D eigenvalue weighted by Gasteiger charge is -2.06. The molecule has 1 rings (SSSR count). The molecule has 0 saturated heterocycles. The Morgan fingerprint density at radius 2 is 1.82 bits per heavy atom. The Kier molecular flexibility index (Phi) is 4.35. The molecule has 8 nitrogen and oxygen atoms in total. The zero-order valence-electron chi connectivity index (χ0n) is 8.42.